The van der Waals surface area contributed by atoms with E-state index < -0.39 is 0 Å². The van der Waals surface area contributed by atoms with E-state index in [9.17, 15) is 0 Å². The van der Waals surface area contributed by atoms with Crippen LogP contribution in [-0.2, 0) is 0 Å². The number of nitrogens with zero attached hydrogens (tertiary/aromatic N) is 2. The van der Waals surface area contributed by atoms with Gasteiger partial charge >= 0.3 is 0 Å². The fraction of sp³-hybridized carbons (Fsp3) is 0.600. The van der Waals surface area contributed by atoms with Gasteiger partial charge in [-0.3, -0.25) is 4.99 Å². The maximum atomic E-state index is 5.70. The lowest BCUT2D eigenvalue weighted by molar-refractivity contribution is 0.715. The van der Waals surface area contributed by atoms with Crippen LogP contribution < -0.4 is 11.1 Å². The van der Waals surface area contributed by atoms with E-state index >= 15 is 0 Å². The van der Waals surface area contributed by atoms with Crippen LogP contribution in [0.5, 0.6) is 0 Å². The molecule has 0 saturated carbocycles. The predicted octanol–water partition coefficient (Wildman–Crippen LogP) is 1.75. The van der Waals surface area contributed by atoms with E-state index in [0.717, 1.165) is 10.7 Å². The van der Waals surface area contributed by atoms with Gasteiger partial charge in [-0.25, -0.2) is 4.98 Å². The van der Waals surface area contributed by atoms with Gasteiger partial charge in [0.1, 0.15) is 0 Å². The van der Waals surface area contributed by atoms with Gasteiger partial charge in [-0.05, 0) is 27.7 Å². The summed E-state index contributed by atoms with van der Waals surface area (Å²) in [6.07, 6.45) is 0. The van der Waals surface area contributed by atoms with Gasteiger partial charge < -0.3 is 11.1 Å². The first kappa shape index (κ1) is 12.0. The van der Waals surface area contributed by atoms with E-state index in [0.29, 0.717) is 12.5 Å². The lowest BCUT2D eigenvalue weighted by atomic mass is 10.2. The number of guanidine groups is 1. The van der Waals surface area contributed by atoms with E-state index in [1.807, 2.05) is 20.8 Å². The minimum absolute atomic E-state index is 0.173. The van der Waals surface area contributed by atoms with Crippen LogP contribution in [0.25, 0.3) is 0 Å². The molecule has 0 fully saturated rings. The van der Waals surface area contributed by atoms with E-state index in [4.69, 9.17) is 5.73 Å². The van der Waals surface area contributed by atoms with Gasteiger partial charge in [0.2, 0.25) is 0 Å². The van der Waals surface area contributed by atoms with E-state index in [1.165, 1.54) is 4.88 Å². The fourth-order valence-corrected chi connectivity index (χ4v) is 2.38. The molecule has 1 heterocycles. The molecule has 84 valence electrons. The van der Waals surface area contributed by atoms with Crippen LogP contribution in [0.3, 0.4) is 0 Å². The summed E-state index contributed by atoms with van der Waals surface area (Å²) in [7, 11) is 0. The summed E-state index contributed by atoms with van der Waals surface area (Å²) >= 11 is 1.70. The first-order valence-corrected chi connectivity index (χ1v) is 5.86. The summed E-state index contributed by atoms with van der Waals surface area (Å²) in [5.74, 6) is 0.496. The van der Waals surface area contributed by atoms with Crippen LogP contribution in [0.15, 0.2) is 4.99 Å². The molecular weight excluding hydrogens is 208 g/mol. The topological polar surface area (TPSA) is 63.3 Å². The summed E-state index contributed by atoms with van der Waals surface area (Å²) < 4.78 is 0. The smallest absolute Gasteiger partial charge is 0.189 e. The highest BCUT2D eigenvalue weighted by atomic mass is 32.1. The monoisotopic (exact) mass is 226 g/mol. The van der Waals surface area contributed by atoms with Gasteiger partial charge in [-0.1, -0.05) is 0 Å². The highest BCUT2D eigenvalue weighted by molar-refractivity contribution is 7.11. The molecule has 1 aromatic rings. The lowest BCUT2D eigenvalue weighted by Crippen LogP contribution is -2.33. The SMILES string of the molecule is CCN=C(N)NC(C)c1sc(C)nc1C. The van der Waals surface area contributed by atoms with Crippen molar-refractivity contribution in [3.8, 4) is 0 Å². The predicted molar refractivity (Wildman–Crippen MR) is 65.3 cm³/mol. The standard InChI is InChI=1S/C10H18N4S/c1-5-12-10(11)14-7(3)9-6(2)13-8(4)15-9/h7H,5H2,1-4H3,(H3,11,12,14). The Kier molecular flexibility index (Phi) is 4.08. The molecule has 1 atom stereocenters. The largest absolute Gasteiger partial charge is 0.370 e. The number of nitrogens with one attached hydrogen (secondary N) is 1. The molecule has 4 nitrogen and oxygen atoms in total. The molecule has 0 aromatic carbocycles. The third kappa shape index (κ3) is 3.20. The maximum Gasteiger partial charge on any atom is 0.189 e. The number of nitrogens with two attached hydrogens (primary N) is 1. The number of rotatable bonds is 3. The van der Waals surface area contributed by atoms with Gasteiger partial charge in [0.05, 0.1) is 16.7 Å². The minimum Gasteiger partial charge on any atom is -0.370 e. The van der Waals surface area contributed by atoms with Gasteiger partial charge in [-0.2, -0.15) is 0 Å². The molecule has 0 spiro atoms. The Morgan fingerprint density at radius 2 is 2.27 bits per heavy atom. The van der Waals surface area contributed by atoms with Crippen molar-refractivity contribution in [2.24, 2.45) is 10.7 Å². The summed E-state index contributed by atoms with van der Waals surface area (Å²) in [6, 6.07) is 0.173. The molecule has 1 rings (SSSR count). The normalized spacial score (nSPS) is 14.0. The second kappa shape index (κ2) is 5.11. The quantitative estimate of drug-likeness (QED) is 0.609. The Bertz CT molecular complexity index is 356. The third-order valence-electron chi connectivity index (χ3n) is 2.03. The van der Waals surface area contributed by atoms with E-state index in [1.54, 1.807) is 11.3 Å². The van der Waals surface area contributed by atoms with Gasteiger partial charge in [0.15, 0.2) is 5.96 Å². The molecule has 0 radical (unpaired) electrons. The van der Waals surface area contributed by atoms with Crippen molar-refractivity contribution in [1.29, 1.82) is 0 Å². The third-order valence-corrected chi connectivity index (χ3v) is 3.28. The average Bonchev–Trinajstić information content (AvgIpc) is 2.45. The minimum atomic E-state index is 0.173. The molecule has 3 N–H and O–H groups in total. The van der Waals surface area contributed by atoms with Crippen LogP contribution in [0.4, 0.5) is 0 Å². The van der Waals surface area contributed by atoms with Crippen LogP contribution in [-0.4, -0.2) is 17.5 Å². The van der Waals surface area contributed by atoms with Crippen molar-refractivity contribution in [2.75, 3.05) is 6.54 Å². The van der Waals surface area contributed by atoms with Gasteiger partial charge in [-0.15, -0.1) is 11.3 Å². The maximum absolute atomic E-state index is 5.70. The highest BCUT2D eigenvalue weighted by Gasteiger charge is 2.12. The van der Waals surface area contributed by atoms with Gasteiger partial charge in [0, 0.05) is 11.4 Å². The number of aromatic nitrogens is 1. The summed E-state index contributed by atoms with van der Waals surface area (Å²) in [5, 5.41) is 4.23. The molecule has 0 saturated heterocycles. The average molecular weight is 226 g/mol. The number of hydrogen-bond donors (Lipinski definition) is 2. The molecular formula is C10H18N4S. The number of hydrogen-bond acceptors (Lipinski definition) is 3. The van der Waals surface area contributed by atoms with Crippen LogP contribution >= 0.6 is 11.3 Å². The molecule has 15 heavy (non-hydrogen) atoms. The molecule has 0 bridgehead atoms. The van der Waals surface area contributed by atoms with Crippen LogP contribution in [0.2, 0.25) is 0 Å². The van der Waals surface area contributed by atoms with Crippen LogP contribution in [0, 0.1) is 13.8 Å². The summed E-state index contributed by atoms with van der Waals surface area (Å²) in [6.45, 7) is 8.76. The van der Waals surface area contributed by atoms with Crippen molar-refractivity contribution in [3.63, 3.8) is 0 Å². The lowest BCUT2D eigenvalue weighted by Gasteiger charge is -2.13. The molecule has 0 aliphatic heterocycles. The second-order valence-electron chi connectivity index (χ2n) is 3.41. The van der Waals surface area contributed by atoms with Crippen molar-refractivity contribution in [1.82, 2.24) is 10.3 Å². The first-order valence-electron chi connectivity index (χ1n) is 5.05. The molecule has 0 aliphatic rings. The van der Waals surface area contributed by atoms with E-state index in [2.05, 4.69) is 22.2 Å². The van der Waals surface area contributed by atoms with Crippen molar-refractivity contribution in [3.05, 3.63) is 15.6 Å². The number of thiazole rings is 1. The zero-order chi connectivity index (χ0) is 11.4. The molecule has 1 aromatic heterocycles. The van der Waals surface area contributed by atoms with E-state index in [-0.39, 0.29) is 6.04 Å². The molecule has 5 heteroatoms. The Morgan fingerprint density at radius 3 is 2.73 bits per heavy atom. The first-order chi connectivity index (χ1) is 7.04. The molecule has 0 amide bonds. The molecule has 0 aliphatic carbocycles. The van der Waals surface area contributed by atoms with Crippen molar-refractivity contribution >= 4 is 17.3 Å². The fourth-order valence-electron chi connectivity index (χ4n) is 1.45. The number of aliphatic imine (C=N–C) groups is 1. The number of aryl methyl sites for hydroxylation is 2. The summed E-state index contributed by atoms with van der Waals surface area (Å²) in [5.41, 5.74) is 6.77. The Balaban J connectivity index is 2.73. The Hall–Kier alpha value is -1.10. The Morgan fingerprint density at radius 1 is 1.60 bits per heavy atom. The molecule has 1 unspecified atom stereocenters. The zero-order valence-corrected chi connectivity index (χ0v) is 10.5. The van der Waals surface area contributed by atoms with Crippen molar-refractivity contribution < 1.29 is 0 Å². The Labute approximate surface area is 94.6 Å². The van der Waals surface area contributed by atoms with Gasteiger partial charge in [0.25, 0.3) is 0 Å². The van der Waals surface area contributed by atoms with Crippen LogP contribution in [0.1, 0.15) is 35.5 Å². The summed E-state index contributed by atoms with van der Waals surface area (Å²) in [4.78, 5) is 9.70. The second-order valence-corrected chi connectivity index (χ2v) is 4.64. The highest BCUT2D eigenvalue weighted by Crippen LogP contribution is 2.23. The van der Waals surface area contributed by atoms with Crippen molar-refractivity contribution in [2.45, 2.75) is 33.7 Å². The zero-order valence-electron chi connectivity index (χ0n) is 9.66.